The van der Waals surface area contributed by atoms with Crippen LogP contribution in [-0.2, 0) is 14.3 Å². The molecule has 0 bridgehead atoms. The molecule has 0 heterocycles. The highest BCUT2D eigenvalue weighted by Crippen LogP contribution is 2.29. The van der Waals surface area contributed by atoms with Gasteiger partial charge in [0.15, 0.2) is 6.61 Å². The second-order valence-corrected chi connectivity index (χ2v) is 7.74. The smallest absolute Gasteiger partial charge is 0.413 e. The fraction of sp³-hybridized carbons (Fsp3) is 0.538. The van der Waals surface area contributed by atoms with E-state index in [0.29, 0.717) is 12.3 Å². The summed E-state index contributed by atoms with van der Waals surface area (Å²) in [5.41, 5.74) is 0.771. The number of rotatable bonds is 8. The zero-order chi connectivity index (χ0) is 17.7. The predicted molar refractivity (Wildman–Crippen MR) is 89.4 cm³/mol. The Morgan fingerprint density at radius 2 is 1.96 bits per heavy atom. The molecule has 1 aromatic carbocycles. The minimum atomic E-state index is -4.67. The van der Waals surface area contributed by atoms with Gasteiger partial charge in [-0.1, -0.05) is 0 Å². The first kappa shape index (κ1) is 20.3. The first-order valence-electron chi connectivity index (χ1n) is 6.52. The van der Waals surface area contributed by atoms with Gasteiger partial charge in [-0.2, -0.15) is 21.6 Å². The molecule has 1 rings (SSSR count). The van der Waals surface area contributed by atoms with Crippen LogP contribution in [0.3, 0.4) is 0 Å². The molecule has 0 fully saturated rings. The van der Waals surface area contributed by atoms with Crippen molar-refractivity contribution in [2.45, 2.75) is 12.6 Å². The summed E-state index contributed by atoms with van der Waals surface area (Å²) in [7, 11) is -0.926. The molecule has 0 saturated carbocycles. The zero-order valence-electron chi connectivity index (χ0n) is 12.6. The summed E-state index contributed by atoms with van der Waals surface area (Å²) in [6.45, 7) is -1.47. The normalized spacial score (nSPS) is 12.3. The maximum absolute atomic E-state index is 12.0. The van der Waals surface area contributed by atoms with Gasteiger partial charge in [0.2, 0.25) is 0 Å². The fourth-order valence-electron chi connectivity index (χ4n) is 1.78. The fourth-order valence-corrected chi connectivity index (χ4v) is 3.16. The number of alkyl halides is 3. The van der Waals surface area contributed by atoms with Crippen molar-refractivity contribution in [1.29, 1.82) is 0 Å². The summed E-state index contributed by atoms with van der Waals surface area (Å²) in [4.78, 5) is 1.78. The van der Waals surface area contributed by atoms with Gasteiger partial charge in [0.05, 0.1) is 18.6 Å². The molecule has 0 unspecified atom stereocenters. The summed E-state index contributed by atoms with van der Waals surface area (Å²) < 4.78 is 68.9. The van der Waals surface area contributed by atoms with Crippen LogP contribution in [-0.4, -0.2) is 47.7 Å². The third kappa shape index (κ3) is 7.57. The summed E-state index contributed by atoms with van der Waals surface area (Å²) in [5, 5.41) is 0. The highest BCUT2D eigenvalue weighted by Gasteiger charge is 2.30. The molecule has 0 atom stereocenters. The maximum atomic E-state index is 12.0. The Morgan fingerprint density at radius 3 is 2.52 bits per heavy atom. The number of ether oxygens (including phenoxy) is 1. The van der Waals surface area contributed by atoms with Crippen molar-refractivity contribution in [1.82, 2.24) is 0 Å². The number of methoxy groups -OCH3 is 1. The Labute approximate surface area is 147 Å². The van der Waals surface area contributed by atoms with Crippen molar-refractivity contribution in [3.63, 3.8) is 0 Å². The summed E-state index contributed by atoms with van der Waals surface area (Å²) >= 11 is 2.14. The molecule has 0 N–H and O–H groups in total. The van der Waals surface area contributed by atoms with Crippen molar-refractivity contribution in [3.05, 3.63) is 21.8 Å². The van der Waals surface area contributed by atoms with Crippen LogP contribution >= 0.6 is 22.6 Å². The minimum Gasteiger partial charge on any atom is -0.495 e. The number of hydrogen-bond donors (Lipinski definition) is 0. The summed E-state index contributed by atoms with van der Waals surface area (Å²) in [6, 6.07) is 5.52. The number of benzene rings is 1. The molecule has 10 heteroatoms. The molecular formula is C13H17F3INO4S. The van der Waals surface area contributed by atoms with Crippen LogP contribution in [0.4, 0.5) is 18.9 Å². The zero-order valence-corrected chi connectivity index (χ0v) is 15.5. The Hall–Kier alpha value is -0.750. The van der Waals surface area contributed by atoms with Crippen LogP contribution < -0.4 is 9.64 Å². The van der Waals surface area contributed by atoms with E-state index in [1.54, 1.807) is 18.0 Å². The van der Waals surface area contributed by atoms with Crippen molar-refractivity contribution in [3.8, 4) is 5.75 Å². The number of hydrogen-bond acceptors (Lipinski definition) is 5. The second kappa shape index (κ2) is 8.38. The average molecular weight is 467 g/mol. The topological polar surface area (TPSA) is 55.8 Å². The van der Waals surface area contributed by atoms with Crippen LogP contribution in [0.5, 0.6) is 5.75 Å². The van der Waals surface area contributed by atoms with Crippen molar-refractivity contribution >= 4 is 38.4 Å². The van der Waals surface area contributed by atoms with Gasteiger partial charge in [0.1, 0.15) is 5.75 Å². The molecule has 132 valence electrons. The summed E-state index contributed by atoms with van der Waals surface area (Å²) in [5.74, 6) is 0.142. The Balaban J connectivity index is 2.57. The lowest BCUT2D eigenvalue weighted by molar-refractivity contribution is -0.152. The first-order valence-corrected chi connectivity index (χ1v) is 9.18. The van der Waals surface area contributed by atoms with Gasteiger partial charge >= 0.3 is 6.18 Å². The van der Waals surface area contributed by atoms with E-state index in [1.807, 2.05) is 12.1 Å². The van der Waals surface area contributed by atoms with E-state index >= 15 is 0 Å². The second-order valence-electron chi connectivity index (χ2n) is 4.73. The molecule has 1 aromatic rings. The van der Waals surface area contributed by atoms with Gasteiger partial charge in [-0.05, 0) is 47.2 Å². The number of halogens is 4. The van der Waals surface area contributed by atoms with Crippen LogP contribution in [0.1, 0.15) is 6.42 Å². The lowest BCUT2D eigenvalue weighted by atomic mass is 10.2. The third-order valence-corrected chi connectivity index (χ3v) is 4.78. The quantitative estimate of drug-likeness (QED) is 0.435. The van der Waals surface area contributed by atoms with E-state index in [9.17, 15) is 21.6 Å². The molecule has 5 nitrogen and oxygen atoms in total. The Kier molecular flexibility index (Phi) is 7.39. The van der Waals surface area contributed by atoms with E-state index in [4.69, 9.17) is 4.74 Å². The Bertz CT molecular complexity index is 622. The monoisotopic (exact) mass is 467 g/mol. The highest BCUT2D eigenvalue weighted by atomic mass is 127. The predicted octanol–water partition coefficient (Wildman–Crippen LogP) is 3.03. The van der Waals surface area contributed by atoms with Crippen LogP contribution in [0.15, 0.2) is 18.2 Å². The van der Waals surface area contributed by atoms with Gasteiger partial charge in [0.25, 0.3) is 10.1 Å². The van der Waals surface area contributed by atoms with Gasteiger partial charge in [-0.15, -0.1) is 0 Å². The highest BCUT2D eigenvalue weighted by molar-refractivity contribution is 14.1. The molecule has 0 aliphatic rings. The van der Waals surface area contributed by atoms with Gasteiger partial charge in [-0.3, -0.25) is 4.18 Å². The lowest BCUT2D eigenvalue weighted by Crippen LogP contribution is -2.25. The van der Waals surface area contributed by atoms with Crippen LogP contribution in [0.2, 0.25) is 0 Å². The first-order chi connectivity index (χ1) is 10.5. The minimum absolute atomic E-state index is 0.130. The molecule has 0 amide bonds. The molecule has 23 heavy (non-hydrogen) atoms. The standard InChI is InChI=1S/C13H17F3INO4S/c1-18(11-8-10(17)4-5-12(11)21-2)6-3-7-23(19,20)22-9-13(14,15)16/h4-5,8H,3,6-7,9H2,1-2H3. The third-order valence-electron chi connectivity index (χ3n) is 2.84. The van der Waals surface area contributed by atoms with E-state index in [-0.39, 0.29) is 6.42 Å². The largest absolute Gasteiger partial charge is 0.495 e. The lowest BCUT2D eigenvalue weighted by Gasteiger charge is -2.22. The molecule has 0 aliphatic carbocycles. The summed E-state index contributed by atoms with van der Waals surface area (Å²) in [6.07, 6.45) is -4.54. The molecule has 0 spiro atoms. The van der Waals surface area contributed by atoms with E-state index < -0.39 is 28.7 Å². The van der Waals surface area contributed by atoms with E-state index in [0.717, 1.165) is 9.26 Å². The van der Waals surface area contributed by atoms with Crippen molar-refractivity contribution in [2.24, 2.45) is 0 Å². The van der Waals surface area contributed by atoms with Gasteiger partial charge in [0, 0.05) is 17.2 Å². The van der Waals surface area contributed by atoms with Crippen LogP contribution in [0.25, 0.3) is 0 Å². The molecule has 0 aliphatic heterocycles. The van der Waals surface area contributed by atoms with E-state index in [2.05, 4.69) is 26.8 Å². The van der Waals surface area contributed by atoms with Crippen molar-refractivity contribution in [2.75, 3.05) is 38.0 Å². The molecular weight excluding hydrogens is 450 g/mol. The SMILES string of the molecule is COc1ccc(I)cc1N(C)CCCS(=O)(=O)OCC(F)(F)F. The molecule has 0 aromatic heterocycles. The molecule has 0 saturated heterocycles. The number of nitrogens with zero attached hydrogens (tertiary/aromatic N) is 1. The average Bonchev–Trinajstić information content (AvgIpc) is 2.44. The van der Waals surface area contributed by atoms with Gasteiger partial charge in [-0.25, -0.2) is 0 Å². The Morgan fingerprint density at radius 1 is 1.30 bits per heavy atom. The molecule has 0 radical (unpaired) electrons. The van der Waals surface area contributed by atoms with Crippen molar-refractivity contribution < 1.29 is 30.5 Å². The van der Waals surface area contributed by atoms with E-state index in [1.165, 1.54) is 7.11 Å². The van der Waals surface area contributed by atoms with Gasteiger partial charge < -0.3 is 9.64 Å². The number of anilines is 1. The van der Waals surface area contributed by atoms with Crippen LogP contribution in [0, 0.1) is 3.57 Å². The maximum Gasteiger partial charge on any atom is 0.413 e.